The van der Waals surface area contributed by atoms with Crippen molar-refractivity contribution in [3.63, 3.8) is 0 Å². The van der Waals surface area contributed by atoms with E-state index in [1.165, 1.54) is 0 Å². The number of benzene rings is 1. The van der Waals surface area contributed by atoms with Gasteiger partial charge in [-0.3, -0.25) is 0 Å². The maximum Gasteiger partial charge on any atom is 0.100 e. The van der Waals surface area contributed by atoms with Gasteiger partial charge in [-0.15, -0.1) is 24.2 Å². The minimum absolute atomic E-state index is 0. The predicted octanol–water partition coefficient (Wildman–Crippen LogP) is 2.03. The molecule has 0 bridgehead atoms. The Kier molecular flexibility index (Phi) is 6.43. The van der Waals surface area contributed by atoms with Gasteiger partial charge < -0.3 is 5.73 Å². The molecule has 1 aromatic carbocycles. The first-order valence-corrected chi connectivity index (χ1v) is 4.69. The molecule has 0 aromatic heterocycles. The van der Waals surface area contributed by atoms with Crippen LogP contribution in [0.25, 0.3) is 0 Å². The number of nitrogens with two attached hydrogens (primary N) is 1. The highest BCUT2D eigenvalue weighted by Crippen LogP contribution is 2.20. The number of rotatable bonds is 3. The van der Waals surface area contributed by atoms with E-state index < -0.39 is 0 Å². The fraction of sp³-hybridized carbons (Fsp3) is 0.222. The lowest BCUT2D eigenvalue weighted by molar-refractivity contribution is 1.15. The molecular weight excluding hydrogens is 204 g/mol. The molecule has 2 nitrogen and oxygen atoms in total. The summed E-state index contributed by atoms with van der Waals surface area (Å²) in [6.45, 7) is 0.643. The second kappa shape index (κ2) is 6.79. The van der Waals surface area contributed by atoms with Crippen LogP contribution >= 0.6 is 24.2 Å². The van der Waals surface area contributed by atoms with Crippen LogP contribution in [0, 0.1) is 11.3 Å². The quantitative estimate of drug-likeness (QED) is 0.784. The van der Waals surface area contributed by atoms with Gasteiger partial charge in [0.15, 0.2) is 0 Å². The van der Waals surface area contributed by atoms with E-state index in [-0.39, 0.29) is 12.4 Å². The van der Waals surface area contributed by atoms with Gasteiger partial charge in [-0.2, -0.15) is 5.26 Å². The largest absolute Gasteiger partial charge is 0.330 e. The third-order valence-electron chi connectivity index (χ3n) is 1.38. The average molecular weight is 215 g/mol. The van der Waals surface area contributed by atoms with E-state index >= 15 is 0 Å². The van der Waals surface area contributed by atoms with Crippen LogP contribution in [0.15, 0.2) is 29.2 Å². The lowest BCUT2D eigenvalue weighted by atomic mass is 10.2. The van der Waals surface area contributed by atoms with E-state index in [0.717, 1.165) is 16.2 Å². The Hall–Kier alpha value is -0.690. The van der Waals surface area contributed by atoms with Crippen LogP contribution in [0.3, 0.4) is 0 Å². The molecule has 0 heterocycles. The van der Waals surface area contributed by atoms with Crippen molar-refractivity contribution in [2.75, 3.05) is 12.3 Å². The van der Waals surface area contributed by atoms with Crippen molar-refractivity contribution in [3.05, 3.63) is 29.8 Å². The summed E-state index contributed by atoms with van der Waals surface area (Å²) in [6, 6.07) is 9.70. The van der Waals surface area contributed by atoms with Gasteiger partial charge in [0, 0.05) is 17.2 Å². The first-order valence-electron chi connectivity index (χ1n) is 3.70. The van der Waals surface area contributed by atoms with Crippen LogP contribution in [0.5, 0.6) is 0 Å². The number of halogens is 1. The van der Waals surface area contributed by atoms with Crippen LogP contribution in [0.1, 0.15) is 5.56 Å². The van der Waals surface area contributed by atoms with Gasteiger partial charge in [-0.1, -0.05) is 12.1 Å². The lowest BCUT2D eigenvalue weighted by Crippen LogP contribution is -2.01. The fourth-order valence-corrected chi connectivity index (χ4v) is 1.64. The number of nitrogens with zero attached hydrogens (tertiary/aromatic N) is 1. The number of hydrogen-bond acceptors (Lipinski definition) is 3. The molecule has 0 fully saturated rings. The van der Waals surface area contributed by atoms with Crippen molar-refractivity contribution in [2.24, 2.45) is 5.73 Å². The van der Waals surface area contributed by atoms with Crippen molar-refractivity contribution in [2.45, 2.75) is 4.90 Å². The van der Waals surface area contributed by atoms with Crippen molar-refractivity contribution in [3.8, 4) is 6.07 Å². The minimum atomic E-state index is 0. The van der Waals surface area contributed by atoms with Crippen molar-refractivity contribution >= 4 is 24.2 Å². The monoisotopic (exact) mass is 214 g/mol. The fourth-order valence-electron chi connectivity index (χ4n) is 0.854. The number of thioether (sulfide) groups is 1. The summed E-state index contributed by atoms with van der Waals surface area (Å²) in [7, 11) is 0. The molecule has 0 saturated carbocycles. The molecule has 0 aliphatic rings. The van der Waals surface area contributed by atoms with Gasteiger partial charge in [-0.25, -0.2) is 0 Å². The van der Waals surface area contributed by atoms with Crippen LogP contribution < -0.4 is 5.73 Å². The summed E-state index contributed by atoms with van der Waals surface area (Å²) in [5.74, 6) is 0.860. The molecule has 0 amide bonds. The number of hydrogen-bond donors (Lipinski definition) is 1. The third kappa shape index (κ3) is 3.69. The SMILES string of the molecule is Cl.N#Cc1ccccc1SCCN. The second-order valence-corrected chi connectivity index (χ2v) is 3.38. The summed E-state index contributed by atoms with van der Waals surface area (Å²) < 4.78 is 0. The van der Waals surface area contributed by atoms with Gasteiger partial charge in [0.2, 0.25) is 0 Å². The average Bonchev–Trinajstić information content (AvgIpc) is 2.15. The van der Waals surface area contributed by atoms with Crippen LogP contribution in [0.2, 0.25) is 0 Å². The van der Waals surface area contributed by atoms with E-state index in [0.29, 0.717) is 6.54 Å². The van der Waals surface area contributed by atoms with E-state index in [9.17, 15) is 0 Å². The topological polar surface area (TPSA) is 49.8 Å². The van der Waals surface area contributed by atoms with Crippen LogP contribution in [-0.2, 0) is 0 Å². The molecule has 0 saturated heterocycles. The Morgan fingerprint density at radius 3 is 2.69 bits per heavy atom. The summed E-state index contributed by atoms with van der Waals surface area (Å²) in [5, 5.41) is 8.72. The molecule has 0 aliphatic carbocycles. The molecule has 0 unspecified atom stereocenters. The molecule has 1 rings (SSSR count). The Morgan fingerprint density at radius 2 is 2.08 bits per heavy atom. The minimum Gasteiger partial charge on any atom is -0.330 e. The predicted molar refractivity (Wildman–Crippen MR) is 58.2 cm³/mol. The number of nitriles is 1. The molecule has 4 heteroatoms. The first-order chi connectivity index (χ1) is 5.88. The van der Waals surface area contributed by atoms with Crippen molar-refractivity contribution in [1.29, 1.82) is 5.26 Å². The Labute approximate surface area is 88.5 Å². The second-order valence-electron chi connectivity index (χ2n) is 2.25. The molecule has 70 valence electrons. The molecular formula is C9H11ClN2S. The van der Waals surface area contributed by atoms with E-state index in [1.54, 1.807) is 11.8 Å². The summed E-state index contributed by atoms with van der Waals surface area (Å²) >= 11 is 1.62. The third-order valence-corrected chi connectivity index (χ3v) is 2.49. The van der Waals surface area contributed by atoms with Gasteiger partial charge in [0.1, 0.15) is 6.07 Å². The van der Waals surface area contributed by atoms with Crippen LogP contribution in [-0.4, -0.2) is 12.3 Å². The van der Waals surface area contributed by atoms with E-state index in [2.05, 4.69) is 6.07 Å². The maximum atomic E-state index is 8.72. The Morgan fingerprint density at radius 1 is 1.38 bits per heavy atom. The zero-order valence-corrected chi connectivity index (χ0v) is 8.70. The molecule has 0 aliphatic heterocycles. The van der Waals surface area contributed by atoms with Crippen molar-refractivity contribution < 1.29 is 0 Å². The highest BCUT2D eigenvalue weighted by atomic mass is 35.5. The van der Waals surface area contributed by atoms with Gasteiger partial charge in [0.05, 0.1) is 5.56 Å². The van der Waals surface area contributed by atoms with E-state index in [4.69, 9.17) is 11.0 Å². The van der Waals surface area contributed by atoms with Gasteiger partial charge >= 0.3 is 0 Å². The van der Waals surface area contributed by atoms with Gasteiger partial charge in [-0.05, 0) is 12.1 Å². The Bertz CT molecular complexity index is 296. The Balaban J connectivity index is 0.00000144. The van der Waals surface area contributed by atoms with Crippen LogP contribution in [0.4, 0.5) is 0 Å². The molecule has 0 radical (unpaired) electrons. The molecule has 0 spiro atoms. The zero-order chi connectivity index (χ0) is 8.81. The summed E-state index contributed by atoms with van der Waals surface area (Å²) in [4.78, 5) is 1.02. The smallest absolute Gasteiger partial charge is 0.100 e. The molecule has 1 aromatic rings. The lowest BCUT2D eigenvalue weighted by Gasteiger charge is -2.00. The van der Waals surface area contributed by atoms with Crippen molar-refractivity contribution in [1.82, 2.24) is 0 Å². The highest BCUT2D eigenvalue weighted by molar-refractivity contribution is 7.99. The zero-order valence-electron chi connectivity index (χ0n) is 7.06. The summed E-state index contributed by atoms with van der Waals surface area (Å²) in [5.41, 5.74) is 6.10. The van der Waals surface area contributed by atoms with Gasteiger partial charge in [0.25, 0.3) is 0 Å². The molecule has 13 heavy (non-hydrogen) atoms. The first kappa shape index (κ1) is 12.3. The molecule has 0 atom stereocenters. The highest BCUT2D eigenvalue weighted by Gasteiger charge is 1.98. The maximum absolute atomic E-state index is 8.72. The van der Waals surface area contributed by atoms with E-state index in [1.807, 2.05) is 24.3 Å². The normalized spacial score (nSPS) is 8.62. The summed E-state index contributed by atoms with van der Waals surface area (Å²) in [6.07, 6.45) is 0. The molecule has 2 N–H and O–H groups in total. The standard InChI is InChI=1S/C9H10N2S.ClH/c10-5-6-12-9-4-2-1-3-8(9)7-11;/h1-4H,5-6,10H2;1H.